The van der Waals surface area contributed by atoms with Gasteiger partial charge >= 0.3 is 0 Å². The number of benzene rings is 2. The van der Waals surface area contributed by atoms with Crippen molar-refractivity contribution in [2.24, 2.45) is 0 Å². The number of hydrogen-bond donors (Lipinski definition) is 0. The van der Waals surface area contributed by atoms with Gasteiger partial charge in [0.25, 0.3) is 0 Å². The quantitative estimate of drug-likeness (QED) is 0.505. The highest BCUT2D eigenvalue weighted by molar-refractivity contribution is 6.33. The Bertz CT molecular complexity index is 759. The minimum atomic E-state index is -0.724. The average Bonchev–Trinajstić information content (AvgIpc) is 2.89. The zero-order valence-corrected chi connectivity index (χ0v) is 11.7. The van der Waals surface area contributed by atoms with Gasteiger partial charge in [-0.25, -0.2) is 0 Å². The number of fused-ring (bicyclic) bond motifs is 1. The second-order valence-corrected chi connectivity index (χ2v) is 5.23. The number of halogens is 1. The van der Waals surface area contributed by atoms with Crippen LogP contribution in [0.1, 0.15) is 27.1 Å². The number of Topliss-reactive ketones (excluding diaryl/α,β-unsaturated/α-hetero) is 1. The van der Waals surface area contributed by atoms with E-state index in [1.54, 1.807) is 6.07 Å². The SMILES string of the molecule is Cc1ccc2oc(C(=O)C(Cl)c3ccccc3)cc2c1. The molecular formula is C17H13ClO2. The third-order valence-electron chi connectivity index (χ3n) is 3.24. The number of carbonyl (C=O) groups is 1. The van der Waals surface area contributed by atoms with Gasteiger partial charge in [0.1, 0.15) is 11.0 Å². The summed E-state index contributed by atoms with van der Waals surface area (Å²) in [5.41, 5.74) is 2.61. The van der Waals surface area contributed by atoms with E-state index in [9.17, 15) is 4.79 Å². The summed E-state index contributed by atoms with van der Waals surface area (Å²) in [5, 5.41) is 0.197. The molecule has 1 atom stereocenters. The van der Waals surface area contributed by atoms with Gasteiger partial charge in [0, 0.05) is 5.39 Å². The fourth-order valence-electron chi connectivity index (χ4n) is 2.18. The predicted octanol–water partition coefficient (Wildman–Crippen LogP) is 4.90. The molecule has 0 radical (unpaired) electrons. The molecule has 0 saturated carbocycles. The van der Waals surface area contributed by atoms with Crippen LogP contribution in [0.15, 0.2) is 59.0 Å². The molecule has 3 heteroatoms. The summed E-state index contributed by atoms with van der Waals surface area (Å²) < 4.78 is 5.59. The highest BCUT2D eigenvalue weighted by atomic mass is 35.5. The zero-order valence-electron chi connectivity index (χ0n) is 11.0. The Morgan fingerprint density at radius 1 is 1.10 bits per heavy atom. The fourth-order valence-corrected chi connectivity index (χ4v) is 2.44. The van der Waals surface area contributed by atoms with Crippen LogP contribution in [0, 0.1) is 6.92 Å². The van der Waals surface area contributed by atoms with Crippen LogP contribution in [0.4, 0.5) is 0 Å². The molecule has 3 aromatic rings. The number of alkyl halides is 1. The fraction of sp³-hybridized carbons (Fsp3) is 0.118. The Morgan fingerprint density at radius 2 is 1.85 bits per heavy atom. The van der Waals surface area contributed by atoms with E-state index in [0.717, 1.165) is 16.5 Å². The van der Waals surface area contributed by atoms with Crippen molar-refractivity contribution in [1.29, 1.82) is 0 Å². The summed E-state index contributed by atoms with van der Waals surface area (Å²) in [6.45, 7) is 2.00. The Kier molecular flexibility index (Phi) is 3.33. The van der Waals surface area contributed by atoms with Crippen molar-refractivity contribution in [2.75, 3.05) is 0 Å². The number of furan rings is 1. The molecule has 3 rings (SSSR count). The van der Waals surface area contributed by atoms with Crippen molar-refractivity contribution in [1.82, 2.24) is 0 Å². The maximum Gasteiger partial charge on any atom is 0.220 e. The van der Waals surface area contributed by atoms with Crippen molar-refractivity contribution in [3.8, 4) is 0 Å². The second-order valence-electron chi connectivity index (χ2n) is 4.79. The van der Waals surface area contributed by atoms with Gasteiger partial charge < -0.3 is 4.42 Å². The molecule has 0 aliphatic carbocycles. The first-order valence-corrected chi connectivity index (χ1v) is 6.82. The number of carbonyl (C=O) groups excluding carboxylic acids is 1. The molecule has 0 bridgehead atoms. The van der Waals surface area contributed by atoms with Gasteiger partial charge in [-0.1, -0.05) is 42.0 Å². The van der Waals surface area contributed by atoms with E-state index in [0.29, 0.717) is 11.3 Å². The zero-order chi connectivity index (χ0) is 14.1. The standard InChI is InChI=1S/C17H13ClO2/c1-11-7-8-14-13(9-11)10-15(20-14)17(19)16(18)12-5-3-2-4-6-12/h2-10,16H,1H3. The lowest BCUT2D eigenvalue weighted by molar-refractivity contribution is 0.0962. The smallest absolute Gasteiger partial charge is 0.220 e. The molecule has 0 fully saturated rings. The summed E-state index contributed by atoms with van der Waals surface area (Å²) in [6, 6.07) is 16.8. The highest BCUT2D eigenvalue weighted by Gasteiger charge is 2.22. The van der Waals surface area contributed by atoms with Gasteiger partial charge in [-0.05, 0) is 30.7 Å². The minimum Gasteiger partial charge on any atom is -0.453 e. The van der Waals surface area contributed by atoms with Crippen molar-refractivity contribution in [2.45, 2.75) is 12.3 Å². The normalized spacial score (nSPS) is 12.5. The second kappa shape index (κ2) is 5.14. The summed E-state index contributed by atoms with van der Waals surface area (Å²) >= 11 is 6.24. The van der Waals surface area contributed by atoms with Gasteiger partial charge in [0.05, 0.1) is 0 Å². The third-order valence-corrected chi connectivity index (χ3v) is 3.69. The highest BCUT2D eigenvalue weighted by Crippen LogP contribution is 2.28. The summed E-state index contributed by atoms with van der Waals surface area (Å²) in [6.07, 6.45) is 0. The first-order valence-electron chi connectivity index (χ1n) is 6.38. The first kappa shape index (κ1) is 12.9. The summed E-state index contributed by atoms with van der Waals surface area (Å²) in [4.78, 5) is 12.4. The van der Waals surface area contributed by atoms with Crippen molar-refractivity contribution >= 4 is 28.4 Å². The van der Waals surface area contributed by atoms with Crippen LogP contribution < -0.4 is 0 Å². The molecule has 0 spiro atoms. The number of rotatable bonds is 3. The first-order chi connectivity index (χ1) is 9.65. The molecule has 20 heavy (non-hydrogen) atoms. The molecule has 100 valence electrons. The van der Waals surface area contributed by atoms with E-state index in [1.165, 1.54) is 0 Å². The number of hydrogen-bond acceptors (Lipinski definition) is 2. The van der Waals surface area contributed by atoms with E-state index in [-0.39, 0.29) is 5.78 Å². The lowest BCUT2D eigenvalue weighted by Crippen LogP contribution is -2.06. The Balaban J connectivity index is 1.96. The molecule has 0 aliphatic heterocycles. The number of aryl methyl sites for hydroxylation is 1. The maximum atomic E-state index is 12.4. The van der Waals surface area contributed by atoms with Gasteiger partial charge in [-0.3, -0.25) is 4.79 Å². The minimum absolute atomic E-state index is 0.216. The van der Waals surface area contributed by atoms with Crippen LogP contribution in [0.5, 0.6) is 0 Å². The van der Waals surface area contributed by atoms with Crippen LogP contribution in [-0.2, 0) is 0 Å². The van der Waals surface area contributed by atoms with E-state index >= 15 is 0 Å². The molecule has 0 saturated heterocycles. The monoisotopic (exact) mass is 284 g/mol. The average molecular weight is 285 g/mol. The molecular weight excluding hydrogens is 272 g/mol. The molecule has 1 unspecified atom stereocenters. The van der Waals surface area contributed by atoms with Crippen LogP contribution in [0.3, 0.4) is 0 Å². The van der Waals surface area contributed by atoms with Crippen molar-refractivity contribution in [3.05, 3.63) is 71.5 Å². The lowest BCUT2D eigenvalue weighted by Gasteiger charge is -2.06. The molecule has 2 nitrogen and oxygen atoms in total. The van der Waals surface area contributed by atoms with Crippen LogP contribution >= 0.6 is 11.6 Å². The lowest BCUT2D eigenvalue weighted by atomic mass is 10.1. The Labute approximate surface area is 122 Å². The molecule has 2 aromatic carbocycles. The topological polar surface area (TPSA) is 30.2 Å². The van der Waals surface area contributed by atoms with Gasteiger partial charge in [-0.2, -0.15) is 0 Å². The van der Waals surface area contributed by atoms with Gasteiger partial charge in [0.15, 0.2) is 5.76 Å². The van der Waals surface area contributed by atoms with Crippen LogP contribution in [-0.4, -0.2) is 5.78 Å². The Morgan fingerprint density at radius 3 is 2.60 bits per heavy atom. The number of ketones is 1. The third kappa shape index (κ3) is 2.35. The van der Waals surface area contributed by atoms with E-state index in [1.807, 2.05) is 55.5 Å². The van der Waals surface area contributed by atoms with E-state index < -0.39 is 5.38 Å². The molecule has 1 heterocycles. The Hall–Kier alpha value is -2.06. The van der Waals surface area contributed by atoms with E-state index in [4.69, 9.17) is 16.0 Å². The van der Waals surface area contributed by atoms with Gasteiger partial charge in [-0.15, -0.1) is 11.6 Å². The van der Waals surface area contributed by atoms with Crippen LogP contribution in [0.2, 0.25) is 0 Å². The summed E-state index contributed by atoms with van der Waals surface area (Å²) in [7, 11) is 0. The maximum absolute atomic E-state index is 12.4. The largest absolute Gasteiger partial charge is 0.453 e. The molecule has 0 aliphatic rings. The molecule has 0 amide bonds. The molecule has 0 N–H and O–H groups in total. The van der Waals surface area contributed by atoms with Crippen molar-refractivity contribution < 1.29 is 9.21 Å². The van der Waals surface area contributed by atoms with E-state index in [2.05, 4.69) is 0 Å². The van der Waals surface area contributed by atoms with Crippen LogP contribution in [0.25, 0.3) is 11.0 Å². The molecule has 1 aromatic heterocycles. The summed E-state index contributed by atoms with van der Waals surface area (Å²) in [5.74, 6) is 0.0844. The van der Waals surface area contributed by atoms with Crippen molar-refractivity contribution in [3.63, 3.8) is 0 Å². The predicted molar refractivity (Wildman–Crippen MR) is 80.3 cm³/mol. The van der Waals surface area contributed by atoms with Gasteiger partial charge in [0.2, 0.25) is 5.78 Å².